The fourth-order valence-electron chi connectivity index (χ4n) is 2.79. The predicted octanol–water partition coefficient (Wildman–Crippen LogP) is 6.10. The third-order valence-electron chi connectivity index (χ3n) is 4.29. The Bertz CT molecular complexity index is 1170. The first kappa shape index (κ1) is 22.8. The molecular formula is C21H17ClFN3O6. The molecule has 0 aliphatic rings. The van der Waals surface area contributed by atoms with E-state index in [9.17, 15) is 24.6 Å². The van der Waals surface area contributed by atoms with Gasteiger partial charge in [-0.25, -0.2) is 4.39 Å². The number of halogens is 2. The van der Waals surface area contributed by atoms with E-state index in [1.165, 1.54) is 18.2 Å². The summed E-state index contributed by atoms with van der Waals surface area (Å²) in [4.78, 5) is 20.8. The van der Waals surface area contributed by atoms with E-state index in [-0.39, 0.29) is 16.5 Å². The lowest BCUT2D eigenvalue weighted by Crippen LogP contribution is -2.02. The SMILES string of the molecule is CCOc1cc(CNc2ccc(F)c(Cl)c2)ccc1Oc1ccc([N+](=O)[O-])cc1[N+](=O)[O-]. The number of rotatable bonds is 9. The van der Waals surface area contributed by atoms with Gasteiger partial charge in [0.25, 0.3) is 5.69 Å². The molecule has 0 spiro atoms. The first-order valence-electron chi connectivity index (χ1n) is 9.33. The zero-order chi connectivity index (χ0) is 23.3. The van der Waals surface area contributed by atoms with Gasteiger partial charge in [-0.1, -0.05) is 17.7 Å². The van der Waals surface area contributed by atoms with Crippen molar-refractivity contribution in [3.63, 3.8) is 0 Å². The summed E-state index contributed by atoms with van der Waals surface area (Å²) in [6.07, 6.45) is 0. The van der Waals surface area contributed by atoms with Crippen LogP contribution in [0.2, 0.25) is 5.02 Å². The van der Waals surface area contributed by atoms with Crippen molar-refractivity contribution in [3.8, 4) is 17.2 Å². The molecule has 166 valence electrons. The predicted molar refractivity (Wildman–Crippen MR) is 116 cm³/mol. The van der Waals surface area contributed by atoms with Gasteiger partial charge in [0.05, 0.1) is 27.5 Å². The van der Waals surface area contributed by atoms with Crippen molar-refractivity contribution in [1.29, 1.82) is 0 Å². The van der Waals surface area contributed by atoms with Crippen LogP contribution in [0.15, 0.2) is 54.6 Å². The van der Waals surface area contributed by atoms with Crippen molar-refractivity contribution >= 4 is 28.7 Å². The van der Waals surface area contributed by atoms with E-state index in [1.807, 2.05) is 0 Å². The number of non-ortho nitro benzene ring substituents is 1. The largest absolute Gasteiger partial charge is 0.490 e. The van der Waals surface area contributed by atoms with Crippen LogP contribution in [0.1, 0.15) is 12.5 Å². The van der Waals surface area contributed by atoms with Crippen LogP contribution in [0.4, 0.5) is 21.5 Å². The van der Waals surface area contributed by atoms with Crippen molar-refractivity contribution in [2.45, 2.75) is 13.5 Å². The highest BCUT2D eigenvalue weighted by atomic mass is 35.5. The van der Waals surface area contributed by atoms with E-state index in [0.717, 1.165) is 17.7 Å². The van der Waals surface area contributed by atoms with Crippen LogP contribution in [-0.4, -0.2) is 16.5 Å². The molecule has 0 aliphatic carbocycles. The number of ether oxygens (including phenoxy) is 2. The molecule has 0 saturated carbocycles. The van der Waals surface area contributed by atoms with Crippen molar-refractivity contribution in [1.82, 2.24) is 0 Å². The lowest BCUT2D eigenvalue weighted by Gasteiger charge is -2.14. The molecule has 0 aliphatic heterocycles. The van der Waals surface area contributed by atoms with Crippen LogP contribution < -0.4 is 14.8 Å². The first-order valence-corrected chi connectivity index (χ1v) is 9.71. The zero-order valence-corrected chi connectivity index (χ0v) is 17.5. The fraction of sp³-hybridized carbons (Fsp3) is 0.143. The van der Waals surface area contributed by atoms with Crippen LogP contribution in [0.3, 0.4) is 0 Å². The van der Waals surface area contributed by atoms with Crippen LogP contribution in [0.25, 0.3) is 0 Å². The third-order valence-corrected chi connectivity index (χ3v) is 4.58. The number of hydrogen-bond acceptors (Lipinski definition) is 7. The van der Waals surface area contributed by atoms with Gasteiger partial charge in [0.1, 0.15) is 5.82 Å². The Morgan fingerprint density at radius 2 is 1.72 bits per heavy atom. The summed E-state index contributed by atoms with van der Waals surface area (Å²) in [5, 5.41) is 25.4. The summed E-state index contributed by atoms with van der Waals surface area (Å²) >= 11 is 5.79. The Balaban J connectivity index is 1.84. The molecule has 0 fully saturated rings. The van der Waals surface area contributed by atoms with Gasteiger partial charge in [0.2, 0.25) is 5.75 Å². The number of hydrogen-bond donors (Lipinski definition) is 1. The average Bonchev–Trinajstić information content (AvgIpc) is 2.76. The Morgan fingerprint density at radius 1 is 0.969 bits per heavy atom. The second-order valence-corrected chi connectivity index (χ2v) is 6.87. The Hall–Kier alpha value is -3.92. The van der Waals surface area contributed by atoms with Gasteiger partial charge in [-0.15, -0.1) is 0 Å². The van der Waals surface area contributed by atoms with E-state index in [0.29, 0.717) is 24.6 Å². The van der Waals surface area contributed by atoms with Gasteiger partial charge in [-0.05, 0) is 48.9 Å². The number of nitro groups is 2. The highest BCUT2D eigenvalue weighted by molar-refractivity contribution is 6.31. The molecule has 3 rings (SSSR count). The summed E-state index contributed by atoms with van der Waals surface area (Å²) in [7, 11) is 0. The molecule has 0 heterocycles. The van der Waals surface area contributed by atoms with Gasteiger partial charge in [-0.2, -0.15) is 0 Å². The van der Waals surface area contributed by atoms with Crippen molar-refractivity contribution < 1.29 is 23.7 Å². The second kappa shape index (κ2) is 9.92. The van der Waals surface area contributed by atoms with E-state index in [1.54, 1.807) is 31.2 Å². The number of benzene rings is 3. The maximum atomic E-state index is 13.3. The Labute approximate surface area is 186 Å². The van der Waals surface area contributed by atoms with Crippen LogP contribution in [-0.2, 0) is 6.54 Å². The van der Waals surface area contributed by atoms with E-state index >= 15 is 0 Å². The van der Waals surface area contributed by atoms with Gasteiger partial charge < -0.3 is 14.8 Å². The monoisotopic (exact) mass is 461 g/mol. The number of nitrogens with zero attached hydrogens (tertiary/aromatic N) is 2. The van der Waals surface area contributed by atoms with Crippen molar-refractivity contribution in [2.75, 3.05) is 11.9 Å². The lowest BCUT2D eigenvalue weighted by molar-refractivity contribution is -0.394. The quantitative estimate of drug-likeness (QED) is 0.302. The smallest absolute Gasteiger partial charge is 0.318 e. The molecule has 0 radical (unpaired) electrons. The molecular weight excluding hydrogens is 445 g/mol. The minimum absolute atomic E-state index is 0.00144. The molecule has 3 aromatic rings. The minimum Gasteiger partial charge on any atom is -0.490 e. The summed E-state index contributed by atoms with van der Waals surface area (Å²) in [6, 6.07) is 12.4. The molecule has 1 N–H and O–H groups in total. The van der Waals surface area contributed by atoms with Crippen LogP contribution >= 0.6 is 11.6 Å². The molecule has 32 heavy (non-hydrogen) atoms. The summed E-state index contributed by atoms with van der Waals surface area (Å²) in [5.41, 5.74) is 0.451. The number of anilines is 1. The van der Waals surface area contributed by atoms with Gasteiger partial charge in [-0.3, -0.25) is 20.2 Å². The lowest BCUT2D eigenvalue weighted by atomic mass is 10.2. The summed E-state index contributed by atoms with van der Waals surface area (Å²) < 4.78 is 24.6. The molecule has 11 heteroatoms. The first-order chi connectivity index (χ1) is 15.3. The van der Waals surface area contributed by atoms with Crippen molar-refractivity contribution in [3.05, 3.63) is 91.2 Å². The maximum absolute atomic E-state index is 13.3. The standard InChI is InChI=1S/C21H17ClFN3O6/c1-2-31-21-9-13(12-24-14-4-6-17(23)16(22)10-14)3-7-20(21)32-19-8-5-15(25(27)28)11-18(19)26(29)30/h3-11,24H,2,12H2,1H3. The topological polar surface area (TPSA) is 117 Å². The maximum Gasteiger partial charge on any atom is 0.318 e. The molecule has 0 aromatic heterocycles. The number of nitro benzene ring substituents is 2. The van der Waals surface area contributed by atoms with E-state index in [4.69, 9.17) is 21.1 Å². The fourth-order valence-corrected chi connectivity index (χ4v) is 2.97. The molecule has 0 saturated heterocycles. The number of nitrogens with one attached hydrogen (secondary N) is 1. The van der Waals surface area contributed by atoms with Crippen molar-refractivity contribution in [2.24, 2.45) is 0 Å². The Morgan fingerprint density at radius 3 is 2.38 bits per heavy atom. The zero-order valence-electron chi connectivity index (χ0n) is 16.7. The third kappa shape index (κ3) is 5.41. The molecule has 9 nitrogen and oxygen atoms in total. The normalized spacial score (nSPS) is 10.5. The van der Waals surface area contributed by atoms with Crippen LogP contribution in [0.5, 0.6) is 17.2 Å². The van der Waals surface area contributed by atoms with E-state index < -0.39 is 27.0 Å². The van der Waals surface area contributed by atoms with Crippen LogP contribution in [0, 0.1) is 26.0 Å². The molecule has 0 atom stereocenters. The summed E-state index contributed by atoms with van der Waals surface area (Å²) in [5.74, 6) is -0.139. The molecule has 0 bridgehead atoms. The highest BCUT2D eigenvalue weighted by Gasteiger charge is 2.22. The van der Waals surface area contributed by atoms with Gasteiger partial charge in [0.15, 0.2) is 11.5 Å². The second-order valence-electron chi connectivity index (χ2n) is 6.46. The highest BCUT2D eigenvalue weighted by Crippen LogP contribution is 2.38. The molecule has 0 amide bonds. The van der Waals surface area contributed by atoms with Gasteiger partial charge >= 0.3 is 5.69 Å². The minimum atomic E-state index is -0.755. The Kier molecular flexibility index (Phi) is 7.06. The average molecular weight is 462 g/mol. The molecule has 3 aromatic carbocycles. The van der Waals surface area contributed by atoms with Gasteiger partial charge in [0, 0.05) is 18.3 Å². The summed E-state index contributed by atoms with van der Waals surface area (Å²) in [6.45, 7) is 2.44. The van der Waals surface area contributed by atoms with E-state index in [2.05, 4.69) is 5.32 Å². The molecule has 0 unspecified atom stereocenters.